The Kier molecular flexibility index (Phi) is 5.62. The van der Waals surface area contributed by atoms with Crippen LogP contribution in [0.4, 0.5) is 10.1 Å². The fourth-order valence-electron chi connectivity index (χ4n) is 1.90. The van der Waals surface area contributed by atoms with Crippen LogP contribution in [0.1, 0.15) is 5.56 Å². The first kappa shape index (κ1) is 16.4. The van der Waals surface area contributed by atoms with Gasteiger partial charge in [0, 0.05) is 18.7 Å². The van der Waals surface area contributed by atoms with Gasteiger partial charge in [-0.3, -0.25) is 14.9 Å². The van der Waals surface area contributed by atoms with E-state index in [9.17, 15) is 19.3 Å². The van der Waals surface area contributed by atoms with Crippen LogP contribution in [0.15, 0.2) is 48.5 Å². The van der Waals surface area contributed by atoms with Gasteiger partial charge in [-0.1, -0.05) is 12.1 Å². The van der Waals surface area contributed by atoms with E-state index in [2.05, 4.69) is 5.32 Å². The number of carbonyl (C=O) groups is 1. The lowest BCUT2D eigenvalue weighted by Crippen LogP contribution is -2.30. The predicted molar refractivity (Wildman–Crippen MR) is 81.7 cm³/mol. The number of non-ortho nitro benzene ring substituents is 1. The van der Waals surface area contributed by atoms with E-state index in [1.807, 2.05) is 0 Å². The number of carbonyl (C=O) groups excluding carboxylic acids is 1. The van der Waals surface area contributed by atoms with Crippen LogP contribution < -0.4 is 10.1 Å². The van der Waals surface area contributed by atoms with Crippen molar-refractivity contribution >= 4 is 11.6 Å². The van der Waals surface area contributed by atoms with Crippen molar-refractivity contribution in [2.24, 2.45) is 0 Å². The summed E-state index contributed by atoms with van der Waals surface area (Å²) in [6.45, 7) is 0.173. The van der Waals surface area contributed by atoms with E-state index >= 15 is 0 Å². The Morgan fingerprint density at radius 1 is 1.22 bits per heavy atom. The third-order valence-electron chi connectivity index (χ3n) is 3.04. The first-order chi connectivity index (χ1) is 11.0. The number of hydrogen-bond donors (Lipinski definition) is 1. The van der Waals surface area contributed by atoms with Gasteiger partial charge in [0.25, 0.3) is 11.6 Å². The molecule has 1 amide bonds. The molecule has 7 heteroatoms. The third kappa shape index (κ3) is 5.39. The molecule has 2 rings (SSSR count). The summed E-state index contributed by atoms with van der Waals surface area (Å²) in [5, 5.41) is 13.2. The van der Waals surface area contributed by atoms with E-state index in [0.717, 1.165) is 5.56 Å². The molecule has 0 unspecified atom stereocenters. The van der Waals surface area contributed by atoms with Crippen molar-refractivity contribution in [3.63, 3.8) is 0 Å². The zero-order valence-corrected chi connectivity index (χ0v) is 12.2. The molecule has 0 aliphatic heterocycles. The number of nitrogens with one attached hydrogen (secondary N) is 1. The predicted octanol–water partition coefficient (Wildman–Crippen LogP) is 2.47. The quantitative estimate of drug-likeness (QED) is 0.628. The summed E-state index contributed by atoms with van der Waals surface area (Å²) < 4.78 is 18.2. The number of nitrogens with zero attached hydrogens (tertiary/aromatic N) is 1. The van der Waals surface area contributed by atoms with Crippen molar-refractivity contribution in [2.45, 2.75) is 6.42 Å². The lowest BCUT2D eigenvalue weighted by molar-refractivity contribution is -0.384. The number of hydrogen-bond acceptors (Lipinski definition) is 4. The Bertz CT molecular complexity index is 689. The van der Waals surface area contributed by atoms with Crippen LogP contribution in [0, 0.1) is 15.9 Å². The maximum absolute atomic E-state index is 13.0. The molecule has 0 radical (unpaired) electrons. The molecule has 0 heterocycles. The standard InChI is InChI=1S/C16H15FN2O4/c17-13-3-1-2-12(10-13)8-9-18-16(20)11-23-15-6-4-14(5-7-15)19(21)22/h1-7,10H,8-9,11H2,(H,18,20). The smallest absolute Gasteiger partial charge is 0.269 e. The molecule has 0 aliphatic carbocycles. The number of halogens is 1. The van der Waals surface area contributed by atoms with Crippen molar-refractivity contribution < 1.29 is 18.8 Å². The van der Waals surface area contributed by atoms with Crippen LogP contribution in [-0.4, -0.2) is 24.0 Å². The van der Waals surface area contributed by atoms with Crippen molar-refractivity contribution in [3.8, 4) is 5.75 Å². The Morgan fingerprint density at radius 2 is 1.96 bits per heavy atom. The summed E-state index contributed by atoms with van der Waals surface area (Å²) >= 11 is 0. The topological polar surface area (TPSA) is 81.5 Å². The summed E-state index contributed by atoms with van der Waals surface area (Å²) in [6.07, 6.45) is 0.515. The van der Waals surface area contributed by atoms with Gasteiger partial charge in [0.05, 0.1) is 4.92 Å². The largest absolute Gasteiger partial charge is 0.484 e. The molecular formula is C16H15FN2O4. The molecule has 2 aromatic carbocycles. The molecule has 0 bridgehead atoms. The zero-order chi connectivity index (χ0) is 16.7. The molecule has 120 valence electrons. The van der Waals surface area contributed by atoms with Crippen molar-refractivity contribution in [3.05, 3.63) is 70.0 Å². The molecule has 0 spiro atoms. The van der Waals surface area contributed by atoms with Gasteiger partial charge in [0.15, 0.2) is 6.61 Å². The molecule has 0 atom stereocenters. The molecule has 0 saturated heterocycles. The minimum absolute atomic E-state index is 0.0445. The monoisotopic (exact) mass is 318 g/mol. The second-order valence-corrected chi connectivity index (χ2v) is 4.77. The maximum atomic E-state index is 13.0. The van der Waals surface area contributed by atoms with Gasteiger partial charge in [-0.05, 0) is 36.2 Å². The van der Waals surface area contributed by atoms with Gasteiger partial charge < -0.3 is 10.1 Å². The first-order valence-corrected chi connectivity index (χ1v) is 6.93. The number of amides is 1. The number of ether oxygens (including phenoxy) is 1. The lowest BCUT2D eigenvalue weighted by atomic mass is 10.1. The SMILES string of the molecule is O=C(COc1ccc([N+](=O)[O-])cc1)NCCc1cccc(F)c1. The van der Waals surface area contributed by atoms with Crippen LogP contribution >= 0.6 is 0 Å². The number of nitro groups is 1. The summed E-state index contributed by atoms with van der Waals surface area (Å²) in [4.78, 5) is 21.6. The molecule has 1 N–H and O–H groups in total. The van der Waals surface area contributed by atoms with Crippen LogP contribution in [0.3, 0.4) is 0 Å². The summed E-state index contributed by atoms with van der Waals surface area (Å²) in [7, 11) is 0. The van der Waals surface area contributed by atoms with Crippen molar-refractivity contribution in [1.82, 2.24) is 5.32 Å². The van der Waals surface area contributed by atoms with E-state index in [1.165, 1.54) is 36.4 Å². The molecule has 0 aromatic heterocycles. The highest BCUT2D eigenvalue weighted by molar-refractivity contribution is 5.77. The van der Waals surface area contributed by atoms with E-state index in [4.69, 9.17) is 4.74 Å². The number of benzene rings is 2. The zero-order valence-electron chi connectivity index (χ0n) is 12.2. The van der Waals surface area contributed by atoms with E-state index in [-0.39, 0.29) is 24.0 Å². The minimum atomic E-state index is -0.511. The highest BCUT2D eigenvalue weighted by Crippen LogP contribution is 2.17. The average molecular weight is 318 g/mol. The Morgan fingerprint density at radius 3 is 2.61 bits per heavy atom. The minimum Gasteiger partial charge on any atom is -0.484 e. The van der Waals surface area contributed by atoms with E-state index in [0.29, 0.717) is 18.7 Å². The number of rotatable bonds is 7. The highest BCUT2D eigenvalue weighted by atomic mass is 19.1. The van der Waals surface area contributed by atoms with Gasteiger partial charge in [-0.15, -0.1) is 0 Å². The Balaban J connectivity index is 1.71. The average Bonchev–Trinajstić information content (AvgIpc) is 2.53. The van der Waals surface area contributed by atoms with Gasteiger partial charge in [0.1, 0.15) is 11.6 Å². The maximum Gasteiger partial charge on any atom is 0.269 e. The highest BCUT2D eigenvalue weighted by Gasteiger charge is 2.06. The molecular weight excluding hydrogens is 303 g/mol. The normalized spacial score (nSPS) is 10.1. The third-order valence-corrected chi connectivity index (χ3v) is 3.04. The van der Waals surface area contributed by atoms with Gasteiger partial charge >= 0.3 is 0 Å². The Hall–Kier alpha value is -2.96. The van der Waals surface area contributed by atoms with Crippen LogP contribution in [0.25, 0.3) is 0 Å². The molecule has 0 saturated carbocycles. The van der Waals surface area contributed by atoms with Gasteiger partial charge in [-0.2, -0.15) is 0 Å². The van der Waals surface area contributed by atoms with Crippen LogP contribution in [-0.2, 0) is 11.2 Å². The molecule has 0 aliphatic rings. The second-order valence-electron chi connectivity index (χ2n) is 4.77. The number of nitro benzene ring substituents is 1. The summed E-state index contributed by atoms with van der Waals surface area (Å²) in [5.41, 5.74) is 0.749. The summed E-state index contributed by atoms with van der Waals surface area (Å²) in [5.74, 6) is -0.258. The lowest BCUT2D eigenvalue weighted by Gasteiger charge is -2.07. The van der Waals surface area contributed by atoms with Crippen LogP contribution in [0.2, 0.25) is 0 Å². The molecule has 0 fully saturated rings. The van der Waals surface area contributed by atoms with Crippen LogP contribution in [0.5, 0.6) is 5.75 Å². The molecule has 2 aromatic rings. The molecule has 23 heavy (non-hydrogen) atoms. The van der Waals surface area contributed by atoms with Crippen molar-refractivity contribution in [1.29, 1.82) is 0 Å². The fraction of sp³-hybridized carbons (Fsp3) is 0.188. The summed E-state index contributed by atoms with van der Waals surface area (Å²) in [6, 6.07) is 11.6. The van der Waals surface area contributed by atoms with Gasteiger partial charge in [0.2, 0.25) is 0 Å². The Labute approximate surface area is 132 Å². The van der Waals surface area contributed by atoms with Gasteiger partial charge in [-0.25, -0.2) is 4.39 Å². The van der Waals surface area contributed by atoms with E-state index < -0.39 is 4.92 Å². The fourth-order valence-corrected chi connectivity index (χ4v) is 1.90. The van der Waals surface area contributed by atoms with E-state index in [1.54, 1.807) is 12.1 Å². The van der Waals surface area contributed by atoms with Crippen molar-refractivity contribution in [2.75, 3.05) is 13.2 Å². The second kappa shape index (κ2) is 7.88. The molecule has 6 nitrogen and oxygen atoms in total. The first-order valence-electron chi connectivity index (χ1n) is 6.93.